The van der Waals surface area contributed by atoms with E-state index in [1.165, 1.54) is 0 Å². The number of carboxylic acid groups (broad SMARTS) is 1. The van der Waals surface area contributed by atoms with Crippen LogP contribution in [0.3, 0.4) is 0 Å². The number of benzene rings is 1. The van der Waals surface area contributed by atoms with E-state index in [9.17, 15) is 19.5 Å². The fourth-order valence-electron chi connectivity index (χ4n) is 6.31. The molecule has 214 valence electrons. The highest BCUT2D eigenvalue weighted by Gasteiger charge is 2.61. The summed E-state index contributed by atoms with van der Waals surface area (Å²) in [5.74, 6) is -0.820. The van der Waals surface area contributed by atoms with Gasteiger partial charge in [-0.15, -0.1) is 0 Å². The molecule has 3 aliphatic rings. The third-order valence-electron chi connectivity index (χ3n) is 8.70. The van der Waals surface area contributed by atoms with Crippen molar-refractivity contribution in [1.82, 2.24) is 9.88 Å². The molecule has 40 heavy (non-hydrogen) atoms. The zero-order valence-corrected chi connectivity index (χ0v) is 23.4. The molecule has 9 nitrogen and oxygen atoms in total. The average molecular weight is 551 g/mol. The van der Waals surface area contributed by atoms with Gasteiger partial charge in [0.1, 0.15) is 23.4 Å². The van der Waals surface area contributed by atoms with E-state index in [0.29, 0.717) is 55.3 Å². The van der Waals surface area contributed by atoms with E-state index in [4.69, 9.17) is 14.2 Å². The predicted molar refractivity (Wildman–Crippen MR) is 149 cm³/mol. The van der Waals surface area contributed by atoms with E-state index in [1.54, 1.807) is 25.1 Å². The highest BCUT2D eigenvalue weighted by atomic mass is 16.5. The Balaban J connectivity index is 1.44. The largest absolute Gasteiger partial charge is 0.497 e. The first kappa shape index (κ1) is 27.9. The van der Waals surface area contributed by atoms with E-state index < -0.39 is 29.3 Å². The van der Waals surface area contributed by atoms with Crippen LogP contribution >= 0.6 is 0 Å². The Bertz CT molecular complexity index is 1320. The molecule has 5 atom stereocenters. The van der Waals surface area contributed by atoms with Crippen LogP contribution in [0, 0.1) is 23.2 Å². The third kappa shape index (κ3) is 5.51. The van der Waals surface area contributed by atoms with Crippen LogP contribution < -0.4 is 14.2 Å². The van der Waals surface area contributed by atoms with Gasteiger partial charge in [-0.1, -0.05) is 12.2 Å². The first-order valence-electron chi connectivity index (χ1n) is 14.2. The molecule has 1 aromatic heterocycles. The van der Waals surface area contributed by atoms with E-state index in [2.05, 4.69) is 4.98 Å². The number of fused-ring (bicyclic) bond motifs is 3. The second kappa shape index (κ2) is 11.5. The van der Waals surface area contributed by atoms with Crippen molar-refractivity contribution < 1.29 is 33.7 Å². The summed E-state index contributed by atoms with van der Waals surface area (Å²) in [6.45, 7) is 2.93. The second-order valence-corrected chi connectivity index (χ2v) is 11.3. The fourth-order valence-corrected chi connectivity index (χ4v) is 6.31. The van der Waals surface area contributed by atoms with Crippen molar-refractivity contribution in [2.75, 3.05) is 27.3 Å². The lowest BCUT2D eigenvalue weighted by molar-refractivity contribution is -0.147. The Morgan fingerprint density at radius 1 is 1.18 bits per heavy atom. The highest BCUT2D eigenvalue weighted by molar-refractivity contribution is 5.94. The number of aliphatic carboxylic acids is 1. The van der Waals surface area contributed by atoms with Crippen LogP contribution in [-0.4, -0.2) is 66.1 Å². The van der Waals surface area contributed by atoms with Gasteiger partial charge in [-0.3, -0.25) is 14.4 Å². The Kier molecular flexibility index (Phi) is 8.01. The summed E-state index contributed by atoms with van der Waals surface area (Å²) in [4.78, 5) is 45.9. The Morgan fingerprint density at radius 2 is 1.98 bits per heavy atom. The molecule has 9 heteroatoms. The zero-order valence-electron chi connectivity index (χ0n) is 23.4. The smallest absolute Gasteiger partial charge is 0.310 e. The monoisotopic (exact) mass is 550 g/mol. The van der Waals surface area contributed by atoms with Gasteiger partial charge in [-0.2, -0.15) is 0 Å². The number of Topliss-reactive ketones (excluding diaryl/α,β-unsaturated/α-hetero) is 1. The Labute approximate surface area is 234 Å². The molecule has 2 fully saturated rings. The van der Waals surface area contributed by atoms with Crippen LogP contribution in [0.25, 0.3) is 10.9 Å². The van der Waals surface area contributed by atoms with Crippen molar-refractivity contribution in [3.8, 4) is 17.4 Å². The number of hydrogen-bond donors (Lipinski definition) is 1. The van der Waals surface area contributed by atoms with Gasteiger partial charge in [0.25, 0.3) is 0 Å². The molecular weight excluding hydrogens is 512 g/mol. The topological polar surface area (TPSA) is 115 Å². The van der Waals surface area contributed by atoms with Crippen molar-refractivity contribution in [2.45, 2.75) is 58.0 Å². The van der Waals surface area contributed by atoms with Gasteiger partial charge in [0.15, 0.2) is 0 Å². The standard InChI is InChI=1S/C31H38N2O7/c1-4-39-28-16-27(22-11-10-20(38-3)15-25(22)32-28)40-21-13-23-24(14-21)29(35)33(2)12-8-6-5-7-9-19-17-31(19,30(36)37)18-26(23)34/h7,9-11,15-16,19,21,23-24H,4-6,8,12-14,17-18H2,1-3H3,(H,36,37)/b9-7-/t19-,21-,23-,24-,31-/m1/s1. The number of nitrogens with zero attached hydrogens (tertiary/aromatic N) is 2. The molecular formula is C31H38N2O7. The maximum atomic E-state index is 13.7. The summed E-state index contributed by atoms with van der Waals surface area (Å²) < 4.78 is 17.5. The maximum Gasteiger partial charge on any atom is 0.310 e. The van der Waals surface area contributed by atoms with E-state index in [1.807, 2.05) is 37.3 Å². The molecule has 5 rings (SSSR count). The second-order valence-electron chi connectivity index (χ2n) is 11.3. The molecule has 1 aromatic carbocycles. The molecule has 2 heterocycles. The lowest BCUT2D eigenvalue weighted by Crippen LogP contribution is -2.38. The number of carbonyl (C=O) groups excluding carboxylic acids is 2. The van der Waals surface area contributed by atoms with Gasteiger partial charge in [0.05, 0.1) is 30.6 Å². The van der Waals surface area contributed by atoms with Gasteiger partial charge in [-0.25, -0.2) is 4.98 Å². The van der Waals surface area contributed by atoms with Gasteiger partial charge in [0.2, 0.25) is 11.8 Å². The van der Waals surface area contributed by atoms with Crippen LogP contribution in [0.4, 0.5) is 0 Å². The van der Waals surface area contributed by atoms with Crippen LogP contribution in [0.15, 0.2) is 36.4 Å². The van der Waals surface area contributed by atoms with E-state index >= 15 is 0 Å². The zero-order chi connectivity index (χ0) is 28.4. The lowest BCUT2D eigenvalue weighted by Gasteiger charge is -2.25. The number of ketones is 1. The molecule has 2 saturated carbocycles. The highest BCUT2D eigenvalue weighted by Crippen LogP contribution is 2.57. The SMILES string of the molecule is CCOc1cc(O[C@@H]2C[C@H]3C(=O)C[C@]4(C(=O)O)C[C@H]4/C=C\CCCCN(C)C(=O)[C@@H]3C2)c2ccc(OC)cc2n1. The van der Waals surface area contributed by atoms with E-state index in [0.717, 1.165) is 24.6 Å². The first-order valence-corrected chi connectivity index (χ1v) is 14.2. The van der Waals surface area contributed by atoms with Crippen LogP contribution in [0.2, 0.25) is 0 Å². The number of hydrogen-bond acceptors (Lipinski definition) is 7. The summed E-state index contributed by atoms with van der Waals surface area (Å²) >= 11 is 0. The van der Waals surface area contributed by atoms with Crippen LogP contribution in [0.5, 0.6) is 17.4 Å². The lowest BCUT2D eigenvalue weighted by atomic mass is 9.84. The predicted octanol–water partition coefficient (Wildman–Crippen LogP) is 4.66. The molecule has 2 aliphatic carbocycles. The minimum Gasteiger partial charge on any atom is -0.497 e. The van der Waals surface area contributed by atoms with Crippen LogP contribution in [0.1, 0.15) is 51.9 Å². The number of rotatable bonds is 6. The molecule has 0 bridgehead atoms. The number of pyridine rings is 1. The number of aromatic nitrogens is 1. The number of carbonyl (C=O) groups is 3. The molecule has 0 saturated heterocycles. The molecule has 0 radical (unpaired) electrons. The maximum absolute atomic E-state index is 13.7. The third-order valence-corrected chi connectivity index (χ3v) is 8.70. The summed E-state index contributed by atoms with van der Waals surface area (Å²) in [6, 6.07) is 7.26. The van der Waals surface area contributed by atoms with Gasteiger partial charge in [-0.05, 0) is 63.5 Å². The average Bonchev–Trinajstić information content (AvgIpc) is 3.47. The molecule has 0 unspecified atom stereocenters. The Morgan fingerprint density at radius 3 is 2.73 bits per heavy atom. The molecule has 1 aliphatic heterocycles. The first-order chi connectivity index (χ1) is 19.3. The Hall–Kier alpha value is -3.62. The molecule has 0 spiro atoms. The minimum absolute atomic E-state index is 0.0608. The number of ether oxygens (including phenoxy) is 3. The number of carboxylic acids is 1. The quantitative estimate of drug-likeness (QED) is 0.517. The van der Waals surface area contributed by atoms with Crippen molar-refractivity contribution in [1.29, 1.82) is 0 Å². The van der Waals surface area contributed by atoms with Crippen molar-refractivity contribution >= 4 is 28.6 Å². The summed E-state index contributed by atoms with van der Waals surface area (Å²) in [7, 11) is 3.38. The van der Waals surface area contributed by atoms with Crippen molar-refractivity contribution in [3.05, 3.63) is 36.4 Å². The number of allylic oxidation sites excluding steroid dienone is 2. The normalized spacial score (nSPS) is 29.7. The van der Waals surface area contributed by atoms with Gasteiger partial charge >= 0.3 is 5.97 Å². The molecule has 1 N–H and O–H groups in total. The summed E-state index contributed by atoms with van der Waals surface area (Å²) in [5.41, 5.74) is -0.414. The van der Waals surface area contributed by atoms with E-state index in [-0.39, 0.29) is 24.0 Å². The fraction of sp³-hybridized carbons (Fsp3) is 0.548. The van der Waals surface area contributed by atoms with Gasteiger partial charge in [0, 0.05) is 43.5 Å². The summed E-state index contributed by atoms with van der Waals surface area (Å²) in [6.07, 6.45) is 7.33. The van der Waals surface area contributed by atoms with Crippen molar-refractivity contribution in [2.24, 2.45) is 23.2 Å². The molecule has 2 aromatic rings. The van der Waals surface area contributed by atoms with Gasteiger partial charge < -0.3 is 24.2 Å². The minimum atomic E-state index is -1.07. The molecule has 1 amide bonds. The van der Waals surface area contributed by atoms with Crippen LogP contribution in [-0.2, 0) is 14.4 Å². The number of methoxy groups -OCH3 is 1. The van der Waals surface area contributed by atoms with Crippen molar-refractivity contribution in [3.63, 3.8) is 0 Å². The number of amides is 1. The summed E-state index contributed by atoms with van der Waals surface area (Å²) in [5, 5.41) is 10.8.